The second-order valence-corrected chi connectivity index (χ2v) is 9.69. The molecule has 7 heteroatoms. The van der Waals surface area contributed by atoms with Crippen LogP contribution in [-0.4, -0.2) is 33.8 Å². The first-order chi connectivity index (χ1) is 16.9. The van der Waals surface area contributed by atoms with Crippen LogP contribution >= 0.6 is 0 Å². The molecule has 1 heterocycles. The van der Waals surface area contributed by atoms with Crippen LogP contribution < -0.4 is 10.9 Å². The number of rotatable bonds is 11. The quantitative estimate of drug-likeness (QED) is 0.432. The molecule has 0 unspecified atom stereocenters. The van der Waals surface area contributed by atoms with E-state index in [-0.39, 0.29) is 17.9 Å². The Bertz CT molecular complexity index is 1220. The summed E-state index contributed by atoms with van der Waals surface area (Å²) in [5, 5.41) is 12.2. The lowest BCUT2D eigenvalue weighted by Crippen LogP contribution is -2.44. The number of nitrogens with one attached hydrogen (secondary N) is 1. The Balaban J connectivity index is 2.28. The average molecular weight is 492 g/mol. The van der Waals surface area contributed by atoms with Gasteiger partial charge in [0.25, 0.3) is 5.56 Å². The van der Waals surface area contributed by atoms with Gasteiger partial charge in [0.15, 0.2) is 0 Å². The third kappa shape index (κ3) is 7.90. The van der Waals surface area contributed by atoms with Gasteiger partial charge in [-0.05, 0) is 79.5 Å². The molecule has 7 nitrogen and oxygen atoms in total. The van der Waals surface area contributed by atoms with Crippen LogP contribution in [0.15, 0.2) is 64.7 Å². The van der Waals surface area contributed by atoms with Gasteiger partial charge in [-0.3, -0.25) is 19.4 Å². The van der Waals surface area contributed by atoms with Gasteiger partial charge in [0, 0.05) is 24.7 Å². The molecule has 1 aromatic heterocycles. The van der Waals surface area contributed by atoms with Crippen LogP contribution in [0, 0.1) is 26.7 Å². The molecule has 2 rings (SSSR count). The Hall–Kier alpha value is -3.74. The van der Waals surface area contributed by atoms with Gasteiger partial charge >= 0.3 is 5.97 Å². The first-order valence-electron chi connectivity index (χ1n) is 12.1. The molecule has 0 saturated carbocycles. The van der Waals surface area contributed by atoms with Gasteiger partial charge in [-0.2, -0.15) is 0 Å². The minimum absolute atomic E-state index is 0.134. The maximum Gasteiger partial charge on any atom is 0.305 e. The number of carbonyl (C=O) groups is 2. The van der Waals surface area contributed by atoms with E-state index in [1.54, 1.807) is 18.5 Å². The van der Waals surface area contributed by atoms with Crippen LogP contribution in [0.4, 0.5) is 0 Å². The van der Waals surface area contributed by atoms with Gasteiger partial charge in [0.2, 0.25) is 5.91 Å². The van der Waals surface area contributed by atoms with Crippen molar-refractivity contribution in [3.63, 3.8) is 0 Å². The highest BCUT2D eigenvalue weighted by Crippen LogP contribution is 2.22. The molecular weight excluding hydrogens is 454 g/mol. The molecule has 36 heavy (non-hydrogen) atoms. The highest BCUT2D eigenvalue weighted by Gasteiger charge is 2.26. The molecule has 2 aromatic rings. The van der Waals surface area contributed by atoms with Crippen LogP contribution in [0.5, 0.6) is 0 Å². The predicted molar refractivity (Wildman–Crippen MR) is 145 cm³/mol. The Morgan fingerprint density at radius 1 is 1.17 bits per heavy atom. The molecule has 2 N–H and O–H groups in total. The second-order valence-electron chi connectivity index (χ2n) is 9.69. The van der Waals surface area contributed by atoms with Crippen LogP contribution in [0.2, 0.25) is 0 Å². The summed E-state index contributed by atoms with van der Waals surface area (Å²) >= 11 is 0. The predicted octanol–water partition coefficient (Wildman–Crippen LogP) is 5.01. The normalized spacial score (nSPS) is 13.6. The van der Waals surface area contributed by atoms with Gasteiger partial charge in [0.1, 0.15) is 6.04 Å². The third-order valence-corrected chi connectivity index (χ3v) is 5.96. The molecule has 0 aliphatic rings. The molecule has 0 aliphatic carbocycles. The first kappa shape index (κ1) is 28.5. The summed E-state index contributed by atoms with van der Waals surface area (Å²) in [6.07, 6.45) is 4.85. The molecule has 0 saturated heterocycles. The van der Waals surface area contributed by atoms with Gasteiger partial charge in [-0.25, -0.2) is 0 Å². The van der Waals surface area contributed by atoms with Gasteiger partial charge in [-0.1, -0.05) is 38.6 Å². The third-order valence-electron chi connectivity index (χ3n) is 5.96. The molecule has 1 amide bonds. The van der Waals surface area contributed by atoms with Crippen molar-refractivity contribution >= 4 is 23.7 Å². The minimum Gasteiger partial charge on any atom is -0.481 e. The van der Waals surface area contributed by atoms with E-state index in [4.69, 9.17) is 0 Å². The van der Waals surface area contributed by atoms with E-state index < -0.39 is 24.0 Å². The van der Waals surface area contributed by atoms with Gasteiger partial charge in [0.05, 0.1) is 12.5 Å². The summed E-state index contributed by atoms with van der Waals surface area (Å²) < 4.78 is 1.40. The molecular formula is C29H37N3O4. The average Bonchev–Trinajstić information content (AvgIpc) is 2.76. The maximum atomic E-state index is 13.3. The van der Waals surface area contributed by atoms with E-state index in [9.17, 15) is 19.5 Å². The van der Waals surface area contributed by atoms with Crippen molar-refractivity contribution in [3.8, 4) is 0 Å². The van der Waals surface area contributed by atoms with Crippen molar-refractivity contribution in [2.24, 2.45) is 10.9 Å². The van der Waals surface area contributed by atoms with Crippen molar-refractivity contribution in [3.05, 3.63) is 87.5 Å². The van der Waals surface area contributed by atoms with E-state index in [0.29, 0.717) is 12.0 Å². The maximum absolute atomic E-state index is 13.3. The number of aliphatic carboxylic acids is 1. The number of hydrogen-bond donors (Lipinski definition) is 2. The molecule has 0 fully saturated rings. The van der Waals surface area contributed by atoms with Crippen molar-refractivity contribution in [1.82, 2.24) is 9.88 Å². The number of pyridine rings is 1. The number of hydrogen-bond acceptors (Lipinski definition) is 4. The molecule has 2 atom stereocenters. The fourth-order valence-corrected chi connectivity index (χ4v) is 4.19. The topological polar surface area (TPSA) is 101 Å². The first-order valence-corrected chi connectivity index (χ1v) is 12.1. The summed E-state index contributed by atoms with van der Waals surface area (Å²) in [6.45, 7) is 15.7. The zero-order chi connectivity index (χ0) is 27.0. The Kier molecular flexibility index (Phi) is 10.1. The molecule has 1 aromatic carbocycles. The molecule has 0 aliphatic heterocycles. The fourth-order valence-electron chi connectivity index (χ4n) is 4.19. The largest absolute Gasteiger partial charge is 0.481 e. The molecule has 0 radical (unpaired) electrons. The van der Waals surface area contributed by atoms with Crippen molar-refractivity contribution in [2.45, 2.75) is 66.5 Å². The molecule has 192 valence electrons. The van der Waals surface area contributed by atoms with Crippen LogP contribution in [-0.2, 0) is 9.59 Å². The minimum atomic E-state index is -1.08. The summed E-state index contributed by atoms with van der Waals surface area (Å²) in [7, 11) is 0. The van der Waals surface area contributed by atoms with E-state index in [1.165, 1.54) is 16.8 Å². The molecule has 0 spiro atoms. The van der Waals surface area contributed by atoms with E-state index >= 15 is 0 Å². The number of aromatic nitrogens is 1. The number of aryl methyl sites for hydroxylation is 3. The lowest BCUT2D eigenvalue weighted by molar-refractivity contribution is -0.137. The van der Waals surface area contributed by atoms with Crippen LogP contribution in [0.3, 0.4) is 0 Å². The van der Waals surface area contributed by atoms with E-state index in [0.717, 1.165) is 27.8 Å². The zero-order valence-corrected chi connectivity index (χ0v) is 22.0. The van der Waals surface area contributed by atoms with Crippen LogP contribution in [0.1, 0.15) is 61.9 Å². The van der Waals surface area contributed by atoms with Gasteiger partial charge in [-0.15, -0.1) is 0 Å². The van der Waals surface area contributed by atoms with Crippen molar-refractivity contribution in [1.29, 1.82) is 0 Å². The highest BCUT2D eigenvalue weighted by molar-refractivity contribution is 5.87. The number of aliphatic imine (C=N–C) groups is 1. The summed E-state index contributed by atoms with van der Waals surface area (Å²) in [5.41, 5.74) is 5.22. The lowest BCUT2D eigenvalue weighted by atomic mass is 9.97. The van der Waals surface area contributed by atoms with E-state index in [2.05, 4.69) is 16.9 Å². The number of carboxylic acid groups (broad SMARTS) is 1. The number of benzene rings is 1. The molecule has 0 bridgehead atoms. The SMILES string of the molecule is C=C(/C=N\C=C(/C)c1c(C)cccc1C)[C@@H](CC(=O)O)NC(=O)[C@H](CC(C)C)n1ccc(C)cc1=O. The summed E-state index contributed by atoms with van der Waals surface area (Å²) in [5.74, 6) is -1.38. The summed E-state index contributed by atoms with van der Waals surface area (Å²) in [6, 6.07) is 7.68. The number of allylic oxidation sites excluding steroid dienone is 1. The van der Waals surface area contributed by atoms with E-state index in [1.807, 2.05) is 59.7 Å². The van der Waals surface area contributed by atoms with Gasteiger partial charge < -0.3 is 15.0 Å². The number of carboxylic acids is 1. The fraction of sp³-hybridized carbons (Fsp3) is 0.379. The smallest absolute Gasteiger partial charge is 0.305 e. The monoisotopic (exact) mass is 491 g/mol. The van der Waals surface area contributed by atoms with Crippen LogP contribution in [0.25, 0.3) is 5.57 Å². The number of carbonyl (C=O) groups excluding carboxylic acids is 1. The Morgan fingerprint density at radius 2 is 1.81 bits per heavy atom. The lowest BCUT2D eigenvalue weighted by Gasteiger charge is -2.25. The zero-order valence-electron chi connectivity index (χ0n) is 22.0. The second kappa shape index (κ2) is 12.8. The van der Waals surface area contributed by atoms with Crippen molar-refractivity contribution in [2.75, 3.05) is 0 Å². The Labute approximate surface area is 213 Å². The standard InChI is InChI=1S/C29H37N3O4/c1-18(2)13-25(32-12-11-19(3)14-26(32)33)29(36)31-24(15-27(34)35)22(6)16-30-17-23(7)28-20(4)9-8-10-21(28)5/h8-12,14,16-18,24-25H,6,13,15H2,1-5,7H3,(H,31,36)(H,34,35)/b23-17+,30-16-/t24-,25+/m1/s1. The Morgan fingerprint density at radius 3 is 2.36 bits per heavy atom. The summed E-state index contributed by atoms with van der Waals surface area (Å²) in [4.78, 5) is 41.8. The highest BCUT2D eigenvalue weighted by atomic mass is 16.4. The van der Waals surface area contributed by atoms with Crippen molar-refractivity contribution < 1.29 is 14.7 Å². The number of amides is 1. The number of nitrogens with zero attached hydrogens (tertiary/aromatic N) is 2.